The smallest absolute Gasteiger partial charge is 0.0937 e. The van der Waals surface area contributed by atoms with Crippen molar-refractivity contribution < 1.29 is 0 Å². The van der Waals surface area contributed by atoms with Crippen LogP contribution in [0.1, 0.15) is 28.2 Å². The summed E-state index contributed by atoms with van der Waals surface area (Å²) in [5, 5.41) is 0. The molecule has 2 heteroatoms. The lowest BCUT2D eigenvalue weighted by molar-refractivity contribution is 1.03. The van der Waals surface area contributed by atoms with Crippen molar-refractivity contribution in [2.75, 3.05) is 0 Å². The highest BCUT2D eigenvalue weighted by Crippen LogP contribution is 2.41. The summed E-state index contributed by atoms with van der Waals surface area (Å²) in [6.07, 6.45) is 0.812. The van der Waals surface area contributed by atoms with Crippen molar-refractivity contribution in [3.05, 3.63) is 119 Å². The molecule has 1 aromatic heterocycles. The van der Waals surface area contributed by atoms with E-state index in [1.54, 1.807) is 0 Å². The molecule has 3 aromatic carbocycles. The minimum Gasteiger partial charge on any atom is -0.253 e. The van der Waals surface area contributed by atoms with Crippen LogP contribution in [0.3, 0.4) is 0 Å². The van der Waals surface area contributed by atoms with Gasteiger partial charge in [0.15, 0.2) is 0 Å². The van der Waals surface area contributed by atoms with Gasteiger partial charge in [0, 0.05) is 17.6 Å². The van der Waals surface area contributed by atoms with Gasteiger partial charge in [-0.25, -0.2) is 4.98 Å². The quantitative estimate of drug-likeness (QED) is 0.450. The average molecular weight is 360 g/mol. The molecule has 0 N–H and O–H groups in total. The molecule has 0 bridgehead atoms. The SMILES string of the molecule is Cc1nc2c(nc1-c1ccccc1)C(c1ccccc1)=C(c1ccccc1)C2. The van der Waals surface area contributed by atoms with Gasteiger partial charge in [0.25, 0.3) is 0 Å². The zero-order valence-corrected chi connectivity index (χ0v) is 15.8. The summed E-state index contributed by atoms with van der Waals surface area (Å²) in [6.45, 7) is 2.05. The monoisotopic (exact) mass is 360 g/mol. The summed E-state index contributed by atoms with van der Waals surface area (Å²) in [6, 6.07) is 31.5. The number of hydrogen-bond acceptors (Lipinski definition) is 2. The van der Waals surface area contributed by atoms with E-state index < -0.39 is 0 Å². The lowest BCUT2D eigenvalue weighted by atomic mass is 9.96. The zero-order chi connectivity index (χ0) is 18.9. The van der Waals surface area contributed by atoms with Gasteiger partial charge in [-0.1, -0.05) is 91.0 Å². The van der Waals surface area contributed by atoms with Crippen LogP contribution in [0.4, 0.5) is 0 Å². The maximum Gasteiger partial charge on any atom is 0.0937 e. The molecule has 1 aliphatic rings. The van der Waals surface area contributed by atoms with Crippen LogP contribution in [-0.2, 0) is 6.42 Å². The van der Waals surface area contributed by atoms with E-state index >= 15 is 0 Å². The Morgan fingerprint density at radius 2 is 1.11 bits per heavy atom. The Balaban J connectivity index is 1.75. The second-order valence-electron chi connectivity index (χ2n) is 7.08. The summed E-state index contributed by atoms with van der Waals surface area (Å²) < 4.78 is 0. The van der Waals surface area contributed by atoms with Crippen molar-refractivity contribution in [2.24, 2.45) is 0 Å². The van der Waals surface area contributed by atoms with Crippen molar-refractivity contribution in [3.63, 3.8) is 0 Å². The fourth-order valence-electron chi connectivity index (χ4n) is 3.96. The van der Waals surface area contributed by atoms with Gasteiger partial charge in [-0.05, 0) is 23.6 Å². The second-order valence-corrected chi connectivity index (χ2v) is 7.08. The van der Waals surface area contributed by atoms with Crippen molar-refractivity contribution >= 4 is 11.1 Å². The van der Waals surface area contributed by atoms with Crippen molar-refractivity contribution in [2.45, 2.75) is 13.3 Å². The van der Waals surface area contributed by atoms with Gasteiger partial charge < -0.3 is 0 Å². The number of fused-ring (bicyclic) bond motifs is 1. The second kappa shape index (κ2) is 6.90. The maximum absolute atomic E-state index is 5.14. The molecular formula is C26H20N2. The lowest BCUT2D eigenvalue weighted by Gasteiger charge is -2.11. The van der Waals surface area contributed by atoms with Crippen LogP contribution in [0.2, 0.25) is 0 Å². The molecule has 0 spiro atoms. The highest BCUT2D eigenvalue weighted by Gasteiger charge is 2.27. The van der Waals surface area contributed by atoms with Crippen LogP contribution >= 0.6 is 0 Å². The molecule has 0 amide bonds. The van der Waals surface area contributed by atoms with Crippen LogP contribution in [-0.4, -0.2) is 9.97 Å². The Morgan fingerprint density at radius 1 is 0.571 bits per heavy atom. The lowest BCUT2D eigenvalue weighted by Crippen LogP contribution is -2.01. The largest absolute Gasteiger partial charge is 0.253 e. The van der Waals surface area contributed by atoms with Crippen LogP contribution in [0.5, 0.6) is 0 Å². The third-order valence-corrected chi connectivity index (χ3v) is 5.26. The summed E-state index contributed by atoms with van der Waals surface area (Å²) in [5.74, 6) is 0. The molecule has 28 heavy (non-hydrogen) atoms. The number of aryl methyl sites for hydroxylation is 1. The molecule has 1 heterocycles. The number of hydrogen-bond donors (Lipinski definition) is 0. The molecule has 5 rings (SSSR count). The highest BCUT2D eigenvalue weighted by atomic mass is 14.9. The maximum atomic E-state index is 5.14. The Bertz CT molecular complexity index is 1160. The molecule has 0 radical (unpaired) electrons. The standard InChI is InChI=1S/C26H20N2/c1-18-25(21-15-9-4-10-16-21)28-26-23(27-18)17-22(19-11-5-2-6-12-19)24(26)20-13-7-3-8-14-20/h2-16H,17H2,1H3. The van der Waals surface area contributed by atoms with Crippen molar-refractivity contribution in [1.29, 1.82) is 0 Å². The summed E-state index contributed by atoms with van der Waals surface area (Å²) in [5.41, 5.74) is 10.0. The van der Waals surface area contributed by atoms with E-state index in [1.807, 2.05) is 18.2 Å². The Morgan fingerprint density at radius 3 is 1.71 bits per heavy atom. The molecule has 0 atom stereocenters. The first-order valence-electron chi connectivity index (χ1n) is 9.58. The van der Waals surface area contributed by atoms with Gasteiger partial charge in [0.1, 0.15) is 0 Å². The van der Waals surface area contributed by atoms with E-state index in [0.717, 1.165) is 34.8 Å². The predicted molar refractivity (Wildman–Crippen MR) is 115 cm³/mol. The third kappa shape index (κ3) is 2.84. The Kier molecular flexibility index (Phi) is 4.10. The fourth-order valence-corrected chi connectivity index (χ4v) is 3.96. The number of aromatic nitrogens is 2. The highest BCUT2D eigenvalue weighted by molar-refractivity contribution is 6.02. The molecule has 0 unspecified atom stereocenters. The normalized spacial score (nSPS) is 12.9. The van der Waals surface area contributed by atoms with E-state index in [1.165, 1.54) is 22.3 Å². The molecule has 2 nitrogen and oxygen atoms in total. The molecule has 0 fully saturated rings. The zero-order valence-electron chi connectivity index (χ0n) is 15.8. The van der Waals surface area contributed by atoms with E-state index in [-0.39, 0.29) is 0 Å². The molecule has 4 aromatic rings. The Labute approximate surface area is 165 Å². The van der Waals surface area contributed by atoms with Crippen LogP contribution < -0.4 is 0 Å². The molecule has 0 aliphatic heterocycles. The van der Waals surface area contributed by atoms with Gasteiger partial charge in [-0.3, -0.25) is 4.98 Å². The predicted octanol–water partition coefficient (Wildman–Crippen LogP) is 5.97. The molecule has 0 saturated heterocycles. The first-order chi connectivity index (χ1) is 13.8. The number of allylic oxidation sites excluding steroid dienone is 1. The van der Waals surface area contributed by atoms with Gasteiger partial charge >= 0.3 is 0 Å². The molecule has 0 saturated carbocycles. The van der Waals surface area contributed by atoms with Crippen LogP contribution in [0.25, 0.3) is 22.4 Å². The fraction of sp³-hybridized carbons (Fsp3) is 0.0769. The topological polar surface area (TPSA) is 25.8 Å². The van der Waals surface area contributed by atoms with E-state index in [2.05, 4.69) is 79.7 Å². The first-order valence-corrected chi connectivity index (χ1v) is 9.58. The molecular weight excluding hydrogens is 340 g/mol. The number of benzene rings is 3. The summed E-state index contributed by atoms with van der Waals surface area (Å²) >= 11 is 0. The minimum absolute atomic E-state index is 0.812. The van der Waals surface area contributed by atoms with Crippen LogP contribution in [0, 0.1) is 6.92 Å². The summed E-state index contributed by atoms with van der Waals surface area (Å²) in [4.78, 5) is 10.1. The van der Waals surface area contributed by atoms with E-state index in [0.29, 0.717) is 0 Å². The van der Waals surface area contributed by atoms with Gasteiger partial charge in [0.05, 0.1) is 22.8 Å². The van der Waals surface area contributed by atoms with Crippen LogP contribution in [0.15, 0.2) is 91.0 Å². The number of nitrogens with zero attached hydrogens (tertiary/aromatic N) is 2. The molecule has 1 aliphatic carbocycles. The first kappa shape index (κ1) is 16.6. The van der Waals surface area contributed by atoms with E-state index in [9.17, 15) is 0 Å². The third-order valence-electron chi connectivity index (χ3n) is 5.26. The average Bonchev–Trinajstić information content (AvgIpc) is 3.13. The Hall–Kier alpha value is -3.52. The minimum atomic E-state index is 0.812. The van der Waals surface area contributed by atoms with Gasteiger partial charge in [0.2, 0.25) is 0 Å². The van der Waals surface area contributed by atoms with Crippen molar-refractivity contribution in [1.82, 2.24) is 9.97 Å². The van der Waals surface area contributed by atoms with E-state index in [4.69, 9.17) is 9.97 Å². The van der Waals surface area contributed by atoms with Gasteiger partial charge in [-0.15, -0.1) is 0 Å². The van der Waals surface area contributed by atoms with Crippen molar-refractivity contribution in [3.8, 4) is 11.3 Å². The van der Waals surface area contributed by atoms with Gasteiger partial charge in [-0.2, -0.15) is 0 Å². The summed E-state index contributed by atoms with van der Waals surface area (Å²) in [7, 11) is 0. The molecule has 134 valence electrons. The number of rotatable bonds is 3.